The number of benzene rings is 1. The van der Waals surface area contributed by atoms with E-state index in [4.69, 9.17) is 15.2 Å². The molecule has 1 aromatic heterocycles. The van der Waals surface area contributed by atoms with Crippen molar-refractivity contribution in [2.75, 3.05) is 42.3 Å². The van der Waals surface area contributed by atoms with Crippen molar-refractivity contribution in [3.8, 4) is 5.75 Å². The first-order valence-corrected chi connectivity index (χ1v) is 9.64. The van der Waals surface area contributed by atoms with Gasteiger partial charge in [0.2, 0.25) is 0 Å². The number of carbonyl (C=O) groups excluding carboxylic acids is 1. The second-order valence-electron chi connectivity index (χ2n) is 6.55. The fraction of sp³-hybridized carbons (Fsp3) is 0.450. The van der Waals surface area contributed by atoms with Crippen LogP contribution in [0.15, 0.2) is 30.6 Å². The Balaban J connectivity index is 1.80. The van der Waals surface area contributed by atoms with E-state index >= 15 is 0 Å². The van der Waals surface area contributed by atoms with Crippen LogP contribution in [0.2, 0.25) is 0 Å². The summed E-state index contributed by atoms with van der Waals surface area (Å²) in [7, 11) is 0. The number of nitrogens with two attached hydrogens (primary N) is 1. The number of nitrogens with one attached hydrogen (secondary N) is 1. The molecular formula is C20H27N5O3. The number of nitrogen functional groups attached to an aromatic ring is 1. The highest BCUT2D eigenvalue weighted by Crippen LogP contribution is 2.34. The quantitative estimate of drug-likeness (QED) is 0.701. The van der Waals surface area contributed by atoms with Crippen molar-refractivity contribution in [3.63, 3.8) is 0 Å². The molecule has 1 aliphatic rings. The van der Waals surface area contributed by atoms with Crippen molar-refractivity contribution >= 4 is 29.0 Å². The highest BCUT2D eigenvalue weighted by atomic mass is 16.5. The van der Waals surface area contributed by atoms with Crippen LogP contribution < -0.4 is 20.7 Å². The van der Waals surface area contributed by atoms with Gasteiger partial charge < -0.3 is 25.4 Å². The smallest absolute Gasteiger partial charge is 0.310 e. The van der Waals surface area contributed by atoms with E-state index in [1.54, 1.807) is 0 Å². The average Bonchev–Trinajstić information content (AvgIpc) is 2.71. The average molecular weight is 385 g/mol. The van der Waals surface area contributed by atoms with Gasteiger partial charge in [-0.2, -0.15) is 0 Å². The molecule has 8 nitrogen and oxygen atoms in total. The van der Waals surface area contributed by atoms with Crippen molar-refractivity contribution < 1.29 is 14.3 Å². The molecule has 1 fully saturated rings. The van der Waals surface area contributed by atoms with Crippen LogP contribution in [-0.2, 0) is 9.53 Å². The Kier molecular flexibility index (Phi) is 6.52. The highest BCUT2D eigenvalue weighted by Gasteiger charge is 2.29. The lowest BCUT2D eigenvalue weighted by molar-refractivity contribution is -0.148. The predicted molar refractivity (Wildman–Crippen MR) is 109 cm³/mol. The minimum Gasteiger partial charge on any atom is -0.492 e. The second kappa shape index (κ2) is 9.25. The minimum absolute atomic E-state index is 0.163. The number of aromatic nitrogens is 2. The fourth-order valence-electron chi connectivity index (χ4n) is 3.34. The van der Waals surface area contributed by atoms with Crippen LogP contribution in [0.1, 0.15) is 26.7 Å². The van der Waals surface area contributed by atoms with E-state index in [-0.39, 0.29) is 11.9 Å². The molecule has 1 unspecified atom stereocenters. The van der Waals surface area contributed by atoms with Gasteiger partial charge in [0.25, 0.3) is 0 Å². The molecule has 0 amide bonds. The van der Waals surface area contributed by atoms with Gasteiger partial charge in [-0.1, -0.05) is 12.1 Å². The van der Waals surface area contributed by atoms with Crippen LogP contribution in [0, 0.1) is 5.92 Å². The van der Waals surface area contributed by atoms with Gasteiger partial charge in [0.15, 0.2) is 11.6 Å². The van der Waals surface area contributed by atoms with E-state index in [1.165, 1.54) is 6.33 Å². The summed E-state index contributed by atoms with van der Waals surface area (Å²) in [5.74, 6) is 1.53. The number of hydrogen-bond acceptors (Lipinski definition) is 8. The molecular weight excluding hydrogens is 358 g/mol. The molecule has 1 aromatic carbocycles. The first-order valence-electron chi connectivity index (χ1n) is 9.64. The minimum atomic E-state index is -0.168. The molecule has 150 valence electrons. The van der Waals surface area contributed by atoms with Gasteiger partial charge in [-0.3, -0.25) is 4.79 Å². The first kappa shape index (κ1) is 19.7. The molecule has 8 heteroatoms. The van der Waals surface area contributed by atoms with E-state index < -0.39 is 0 Å². The molecule has 1 aliphatic heterocycles. The van der Waals surface area contributed by atoms with E-state index in [0.29, 0.717) is 37.1 Å². The Morgan fingerprint density at radius 2 is 2.11 bits per heavy atom. The molecule has 3 N–H and O–H groups in total. The van der Waals surface area contributed by atoms with Gasteiger partial charge in [-0.25, -0.2) is 9.97 Å². The standard InChI is InChI=1S/C20H27N5O3/c1-3-27-16-10-6-5-9-15(16)24-18-17(21)19(23-13-22-18)25-11-7-8-14(12-25)20(26)28-4-2/h5-6,9-10,13-14H,3-4,7-8,11-12,21H2,1-2H3,(H,22,23,24). The monoisotopic (exact) mass is 385 g/mol. The number of anilines is 4. The van der Waals surface area contributed by atoms with Gasteiger partial charge in [0.1, 0.15) is 17.8 Å². The van der Waals surface area contributed by atoms with Gasteiger partial charge in [0, 0.05) is 13.1 Å². The number of rotatable bonds is 7. The van der Waals surface area contributed by atoms with Crippen LogP contribution in [0.25, 0.3) is 0 Å². The lowest BCUT2D eigenvalue weighted by Gasteiger charge is -2.33. The Hall–Kier alpha value is -3.03. The number of hydrogen-bond donors (Lipinski definition) is 2. The Bertz CT molecular complexity index is 814. The van der Waals surface area contributed by atoms with E-state index in [2.05, 4.69) is 15.3 Å². The molecule has 28 heavy (non-hydrogen) atoms. The zero-order valence-electron chi connectivity index (χ0n) is 16.4. The molecule has 2 heterocycles. The maximum atomic E-state index is 12.1. The van der Waals surface area contributed by atoms with Crippen LogP contribution in [0.5, 0.6) is 5.75 Å². The van der Waals surface area contributed by atoms with E-state index in [9.17, 15) is 4.79 Å². The van der Waals surface area contributed by atoms with Gasteiger partial charge in [0.05, 0.1) is 24.8 Å². The van der Waals surface area contributed by atoms with E-state index in [1.807, 2.05) is 43.0 Å². The van der Waals surface area contributed by atoms with Crippen molar-refractivity contribution in [2.24, 2.45) is 5.92 Å². The summed E-state index contributed by atoms with van der Waals surface area (Å²) in [6.45, 7) is 6.02. The number of nitrogens with zero attached hydrogens (tertiary/aromatic N) is 3. The zero-order chi connectivity index (χ0) is 19.9. The van der Waals surface area contributed by atoms with Gasteiger partial charge >= 0.3 is 5.97 Å². The van der Waals surface area contributed by atoms with Crippen molar-refractivity contribution in [3.05, 3.63) is 30.6 Å². The maximum Gasteiger partial charge on any atom is 0.310 e. The second-order valence-corrected chi connectivity index (χ2v) is 6.55. The first-order chi connectivity index (χ1) is 13.6. The third-order valence-electron chi connectivity index (χ3n) is 4.64. The van der Waals surface area contributed by atoms with Crippen molar-refractivity contribution in [1.82, 2.24) is 9.97 Å². The summed E-state index contributed by atoms with van der Waals surface area (Å²) < 4.78 is 10.8. The predicted octanol–water partition coefficient (Wildman–Crippen LogP) is 2.98. The summed E-state index contributed by atoms with van der Waals surface area (Å²) in [4.78, 5) is 22.8. The van der Waals surface area contributed by atoms with Crippen LogP contribution in [-0.4, -0.2) is 42.2 Å². The normalized spacial score (nSPS) is 16.5. The summed E-state index contributed by atoms with van der Waals surface area (Å²) in [6, 6.07) is 7.62. The van der Waals surface area contributed by atoms with Gasteiger partial charge in [-0.05, 0) is 38.8 Å². The molecule has 0 aliphatic carbocycles. The van der Waals surface area contributed by atoms with Crippen LogP contribution in [0.4, 0.5) is 23.0 Å². The van der Waals surface area contributed by atoms with E-state index in [0.717, 1.165) is 30.8 Å². The maximum absolute atomic E-state index is 12.1. The van der Waals surface area contributed by atoms with Crippen LogP contribution >= 0.6 is 0 Å². The molecule has 3 rings (SSSR count). The fourth-order valence-corrected chi connectivity index (χ4v) is 3.34. The molecule has 2 aromatic rings. The summed E-state index contributed by atoms with van der Waals surface area (Å²) in [6.07, 6.45) is 3.17. The van der Waals surface area contributed by atoms with Gasteiger partial charge in [-0.15, -0.1) is 0 Å². The number of carbonyl (C=O) groups is 1. The molecule has 1 saturated heterocycles. The van der Waals surface area contributed by atoms with Crippen LogP contribution in [0.3, 0.4) is 0 Å². The molecule has 0 spiro atoms. The summed E-state index contributed by atoms with van der Waals surface area (Å²) in [5.41, 5.74) is 7.60. The zero-order valence-corrected chi connectivity index (χ0v) is 16.4. The van der Waals surface area contributed by atoms with Crippen molar-refractivity contribution in [1.29, 1.82) is 0 Å². The lowest BCUT2D eigenvalue weighted by Crippen LogP contribution is -2.40. The Labute approximate surface area is 165 Å². The number of para-hydroxylation sites is 2. The molecule has 0 saturated carbocycles. The number of ether oxygens (including phenoxy) is 2. The molecule has 0 radical (unpaired) electrons. The Morgan fingerprint density at radius 1 is 1.29 bits per heavy atom. The number of esters is 1. The Morgan fingerprint density at radius 3 is 2.89 bits per heavy atom. The SMILES string of the molecule is CCOC(=O)C1CCCN(c2ncnc(Nc3ccccc3OCC)c2N)C1. The largest absolute Gasteiger partial charge is 0.492 e. The van der Waals surface area contributed by atoms with Crippen molar-refractivity contribution in [2.45, 2.75) is 26.7 Å². The number of piperidine rings is 1. The molecule has 0 bridgehead atoms. The lowest BCUT2D eigenvalue weighted by atomic mass is 9.98. The third kappa shape index (κ3) is 4.44. The third-order valence-corrected chi connectivity index (χ3v) is 4.64. The topological polar surface area (TPSA) is 103 Å². The summed E-state index contributed by atoms with van der Waals surface area (Å²) >= 11 is 0. The summed E-state index contributed by atoms with van der Waals surface area (Å²) in [5, 5.41) is 3.24. The molecule has 1 atom stereocenters. The highest BCUT2D eigenvalue weighted by molar-refractivity contribution is 5.80.